The van der Waals surface area contributed by atoms with Crippen LogP contribution in [0.2, 0.25) is 0 Å². The highest BCUT2D eigenvalue weighted by molar-refractivity contribution is 8.18. The van der Waals surface area contributed by atoms with Crippen molar-refractivity contribution < 1.29 is 9.59 Å². The maximum atomic E-state index is 11.5. The number of aryl methyl sites for hydroxylation is 1. The lowest BCUT2D eigenvalue weighted by Gasteiger charge is -2.03. The maximum Gasteiger partial charge on any atom is 0.290 e. The molecule has 1 aromatic carbocycles. The van der Waals surface area contributed by atoms with E-state index in [4.69, 9.17) is 0 Å². The predicted molar refractivity (Wildman–Crippen MR) is 83.5 cm³/mol. The number of hydrogen-bond acceptors (Lipinski definition) is 4. The SMILES string of the molecule is Cc1ccc(-c2cc(C=C3SC(=O)NC3=O)ccn2)cc1. The lowest BCUT2D eigenvalue weighted by molar-refractivity contribution is -0.115. The number of benzene rings is 1. The third-order valence-corrected chi connectivity index (χ3v) is 3.88. The summed E-state index contributed by atoms with van der Waals surface area (Å²) in [4.78, 5) is 27.4. The molecule has 1 fully saturated rings. The Labute approximate surface area is 126 Å². The van der Waals surface area contributed by atoms with Gasteiger partial charge in [0.25, 0.3) is 11.1 Å². The Bertz CT molecular complexity index is 751. The fourth-order valence-corrected chi connectivity index (χ4v) is 2.67. The van der Waals surface area contributed by atoms with Gasteiger partial charge in [-0.2, -0.15) is 0 Å². The first-order chi connectivity index (χ1) is 10.1. The van der Waals surface area contributed by atoms with Gasteiger partial charge in [-0.1, -0.05) is 29.8 Å². The van der Waals surface area contributed by atoms with E-state index in [1.54, 1.807) is 18.3 Å². The number of nitrogens with zero attached hydrogens (tertiary/aromatic N) is 1. The van der Waals surface area contributed by atoms with E-state index >= 15 is 0 Å². The van der Waals surface area contributed by atoms with Crippen LogP contribution in [0.25, 0.3) is 17.3 Å². The minimum Gasteiger partial charge on any atom is -0.282 e. The Morgan fingerprint density at radius 2 is 1.90 bits per heavy atom. The van der Waals surface area contributed by atoms with Crippen molar-refractivity contribution in [3.05, 3.63) is 58.6 Å². The van der Waals surface area contributed by atoms with Crippen LogP contribution in [0.15, 0.2) is 47.5 Å². The topological polar surface area (TPSA) is 59.1 Å². The van der Waals surface area contributed by atoms with Gasteiger partial charge in [-0.25, -0.2) is 0 Å². The number of carbonyl (C=O) groups excluding carboxylic acids is 2. The molecule has 104 valence electrons. The van der Waals surface area contributed by atoms with Crippen molar-refractivity contribution in [2.45, 2.75) is 6.92 Å². The highest BCUT2D eigenvalue weighted by atomic mass is 32.2. The highest BCUT2D eigenvalue weighted by Crippen LogP contribution is 2.26. The Kier molecular flexibility index (Phi) is 3.58. The summed E-state index contributed by atoms with van der Waals surface area (Å²) >= 11 is 0.913. The summed E-state index contributed by atoms with van der Waals surface area (Å²) in [7, 11) is 0. The zero-order chi connectivity index (χ0) is 14.8. The molecule has 0 saturated carbocycles. The smallest absolute Gasteiger partial charge is 0.282 e. The van der Waals surface area contributed by atoms with Gasteiger partial charge in [0.05, 0.1) is 10.6 Å². The van der Waals surface area contributed by atoms with Crippen molar-refractivity contribution in [3.8, 4) is 11.3 Å². The van der Waals surface area contributed by atoms with E-state index in [9.17, 15) is 9.59 Å². The summed E-state index contributed by atoms with van der Waals surface area (Å²) < 4.78 is 0. The summed E-state index contributed by atoms with van der Waals surface area (Å²) in [6.45, 7) is 2.03. The lowest BCUT2D eigenvalue weighted by atomic mass is 10.1. The Morgan fingerprint density at radius 3 is 2.57 bits per heavy atom. The van der Waals surface area contributed by atoms with Crippen molar-refractivity contribution >= 4 is 29.0 Å². The molecule has 5 heteroatoms. The van der Waals surface area contributed by atoms with Crippen LogP contribution < -0.4 is 5.32 Å². The van der Waals surface area contributed by atoms with Crippen LogP contribution in [0.4, 0.5) is 4.79 Å². The second-order valence-corrected chi connectivity index (χ2v) is 5.71. The summed E-state index contributed by atoms with van der Waals surface area (Å²) in [5, 5.41) is 1.91. The molecule has 0 aliphatic carbocycles. The second kappa shape index (κ2) is 5.54. The van der Waals surface area contributed by atoms with Crippen LogP contribution in [0.5, 0.6) is 0 Å². The van der Waals surface area contributed by atoms with Gasteiger partial charge in [0.2, 0.25) is 0 Å². The Morgan fingerprint density at radius 1 is 1.14 bits per heavy atom. The molecule has 0 radical (unpaired) electrons. The minimum absolute atomic E-state index is 0.334. The standard InChI is InChI=1S/C16H12N2O2S/c1-10-2-4-12(5-3-10)13-8-11(6-7-17-13)9-14-15(19)18-16(20)21-14/h2-9H,1H3,(H,18,19,20). The average Bonchev–Trinajstić information content (AvgIpc) is 2.78. The van der Waals surface area contributed by atoms with E-state index < -0.39 is 0 Å². The number of rotatable bonds is 2. The van der Waals surface area contributed by atoms with E-state index in [0.717, 1.165) is 28.6 Å². The first-order valence-electron chi connectivity index (χ1n) is 6.40. The van der Waals surface area contributed by atoms with Crippen LogP contribution in [-0.4, -0.2) is 16.1 Å². The third-order valence-electron chi connectivity index (χ3n) is 3.07. The third kappa shape index (κ3) is 3.03. The molecule has 0 atom stereocenters. The molecule has 1 aliphatic rings. The van der Waals surface area contributed by atoms with E-state index in [1.807, 2.05) is 37.3 Å². The van der Waals surface area contributed by atoms with Gasteiger partial charge in [0.1, 0.15) is 0 Å². The average molecular weight is 296 g/mol. The van der Waals surface area contributed by atoms with E-state index in [1.165, 1.54) is 5.56 Å². The van der Waals surface area contributed by atoms with Crippen LogP contribution in [0.3, 0.4) is 0 Å². The van der Waals surface area contributed by atoms with Crippen molar-refractivity contribution in [1.82, 2.24) is 10.3 Å². The number of carbonyl (C=O) groups is 2. The van der Waals surface area contributed by atoms with Crippen LogP contribution in [0.1, 0.15) is 11.1 Å². The van der Waals surface area contributed by atoms with Gasteiger partial charge in [-0.05, 0) is 42.5 Å². The molecule has 2 amide bonds. The molecule has 1 N–H and O–H groups in total. The van der Waals surface area contributed by atoms with Crippen LogP contribution >= 0.6 is 11.8 Å². The fourth-order valence-electron chi connectivity index (χ4n) is 1.99. The fraction of sp³-hybridized carbons (Fsp3) is 0.0625. The molecule has 2 heterocycles. The van der Waals surface area contributed by atoms with Gasteiger partial charge >= 0.3 is 0 Å². The molecule has 2 aromatic rings. The minimum atomic E-state index is -0.348. The van der Waals surface area contributed by atoms with Gasteiger partial charge in [0.15, 0.2) is 0 Å². The molecule has 4 nitrogen and oxygen atoms in total. The van der Waals surface area contributed by atoms with Crippen molar-refractivity contribution in [3.63, 3.8) is 0 Å². The molecule has 0 bridgehead atoms. The maximum absolute atomic E-state index is 11.5. The normalized spacial score (nSPS) is 16.3. The molecule has 0 spiro atoms. The largest absolute Gasteiger partial charge is 0.290 e. The van der Waals surface area contributed by atoms with Crippen molar-refractivity contribution in [2.24, 2.45) is 0 Å². The summed E-state index contributed by atoms with van der Waals surface area (Å²) in [5.41, 5.74) is 3.88. The zero-order valence-electron chi connectivity index (χ0n) is 11.3. The monoisotopic (exact) mass is 296 g/mol. The molecule has 21 heavy (non-hydrogen) atoms. The van der Waals surface area contributed by atoms with E-state index in [0.29, 0.717) is 4.91 Å². The Balaban J connectivity index is 1.93. The number of amides is 2. The lowest BCUT2D eigenvalue weighted by Crippen LogP contribution is -2.17. The van der Waals surface area contributed by atoms with Crippen LogP contribution in [-0.2, 0) is 4.79 Å². The number of thioether (sulfide) groups is 1. The first-order valence-corrected chi connectivity index (χ1v) is 7.21. The summed E-state index contributed by atoms with van der Waals surface area (Å²) in [6, 6.07) is 11.8. The molecule has 3 rings (SSSR count). The number of hydrogen-bond donors (Lipinski definition) is 1. The zero-order valence-corrected chi connectivity index (χ0v) is 12.1. The quantitative estimate of drug-likeness (QED) is 0.863. The number of nitrogens with one attached hydrogen (secondary N) is 1. The van der Waals surface area contributed by atoms with E-state index in [2.05, 4.69) is 10.3 Å². The van der Waals surface area contributed by atoms with Gasteiger partial charge in [-0.3, -0.25) is 19.9 Å². The molecule has 1 aliphatic heterocycles. The molecule has 0 unspecified atom stereocenters. The first kappa shape index (κ1) is 13.6. The molecule has 1 saturated heterocycles. The van der Waals surface area contributed by atoms with Crippen LogP contribution in [0, 0.1) is 6.92 Å². The number of pyridine rings is 1. The number of aromatic nitrogens is 1. The van der Waals surface area contributed by atoms with Gasteiger partial charge in [-0.15, -0.1) is 0 Å². The summed E-state index contributed by atoms with van der Waals surface area (Å²) in [6.07, 6.45) is 3.39. The Hall–Kier alpha value is -2.40. The highest BCUT2D eigenvalue weighted by Gasteiger charge is 2.24. The van der Waals surface area contributed by atoms with E-state index in [-0.39, 0.29) is 11.1 Å². The molecular formula is C16H12N2O2S. The van der Waals surface area contributed by atoms with Crippen molar-refractivity contribution in [2.75, 3.05) is 0 Å². The summed E-state index contributed by atoms with van der Waals surface area (Å²) in [5.74, 6) is -0.348. The van der Waals surface area contributed by atoms with Gasteiger partial charge in [0, 0.05) is 11.8 Å². The second-order valence-electron chi connectivity index (χ2n) is 4.69. The number of imide groups is 1. The van der Waals surface area contributed by atoms with Crippen molar-refractivity contribution in [1.29, 1.82) is 0 Å². The van der Waals surface area contributed by atoms with Gasteiger partial charge < -0.3 is 0 Å². The molecular weight excluding hydrogens is 284 g/mol. The predicted octanol–water partition coefficient (Wildman–Crippen LogP) is 3.38. The molecule has 1 aromatic heterocycles.